The van der Waals surface area contributed by atoms with Crippen molar-refractivity contribution in [2.24, 2.45) is 0 Å². The Hall–Kier alpha value is -1.15. The molecule has 0 amide bonds. The van der Waals surface area contributed by atoms with Gasteiger partial charge in [0.1, 0.15) is 0 Å². The van der Waals surface area contributed by atoms with E-state index in [4.69, 9.17) is 10.0 Å². The third-order valence-electron chi connectivity index (χ3n) is 1.59. The fourth-order valence-electron chi connectivity index (χ4n) is 0.979. The van der Waals surface area contributed by atoms with Crippen molar-refractivity contribution in [2.45, 2.75) is 12.6 Å². The third-order valence-corrected chi connectivity index (χ3v) is 1.59. The minimum Gasteiger partial charge on any atom is -0.423 e. The molecule has 0 radical (unpaired) electrons. The van der Waals surface area contributed by atoms with E-state index in [9.17, 15) is 17.6 Å². The van der Waals surface area contributed by atoms with Crippen LogP contribution in [0.15, 0.2) is 12.1 Å². The average Bonchev–Trinajstić information content (AvgIpc) is 1.99. The van der Waals surface area contributed by atoms with E-state index in [0.717, 1.165) is 12.1 Å². The van der Waals surface area contributed by atoms with Crippen LogP contribution in [0, 0.1) is 5.95 Å². The van der Waals surface area contributed by atoms with Crippen molar-refractivity contribution in [3.63, 3.8) is 0 Å². The molecule has 2 N–H and O–H groups in total. The second kappa shape index (κ2) is 4.15. The molecule has 0 aliphatic heterocycles. The maximum atomic E-state index is 12.9. The first-order chi connectivity index (χ1) is 6.79. The van der Waals surface area contributed by atoms with Gasteiger partial charge in [-0.05, 0) is 6.07 Å². The van der Waals surface area contributed by atoms with Crippen LogP contribution < -0.4 is 5.46 Å². The summed E-state index contributed by atoms with van der Waals surface area (Å²) in [7, 11) is -2.09. The van der Waals surface area contributed by atoms with Crippen LogP contribution in [0.5, 0.6) is 0 Å². The maximum Gasteiger partial charge on any atom is 0.493 e. The van der Waals surface area contributed by atoms with Gasteiger partial charge >= 0.3 is 13.3 Å². The minimum atomic E-state index is -4.47. The van der Waals surface area contributed by atoms with E-state index in [1.54, 1.807) is 0 Å². The number of halogens is 4. The summed E-state index contributed by atoms with van der Waals surface area (Å²) >= 11 is 0. The van der Waals surface area contributed by atoms with Crippen LogP contribution in [-0.4, -0.2) is 28.3 Å². The molecule has 3 nitrogen and oxygen atoms in total. The molecule has 0 aromatic carbocycles. The SMILES string of the molecule is OB(O)c1ccc(CC(F)(F)F)nc1F. The van der Waals surface area contributed by atoms with Crippen molar-refractivity contribution >= 4 is 12.6 Å². The molecule has 82 valence electrons. The molecule has 0 fully saturated rings. The van der Waals surface area contributed by atoms with Crippen LogP contribution in [0.4, 0.5) is 17.6 Å². The molecule has 0 atom stereocenters. The van der Waals surface area contributed by atoms with Gasteiger partial charge in [0.15, 0.2) is 0 Å². The van der Waals surface area contributed by atoms with Gasteiger partial charge in [0.2, 0.25) is 5.95 Å². The molecule has 1 aromatic rings. The Morgan fingerprint density at radius 3 is 2.27 bits per heavy atom. The number of hydrogen-bond donors (Lipinski definition) is 2. The molecule has 1 rings (SSSR count). The second-order valence-corrected chi connectivity index (χ2v) is 2.85. The van der Waals surface area contributed by atoms with Crippen LogP contribution in [-0.2, 0) is 6.42 Å². The Balaban J connectivity index is 2.92. The lowest BCUT2D eigenvalue weighted by Gasteiger charge is -2.07. The Morgan fingerprint density at radius 1 is 1.27 bits per heavy atom. The van der Waals surface area contributed by atoms with Crippen molar-refractivity contribution in [3.8, 4) is 0 Å². The number of hydrogen-bond acceptors (Lipinski definition) is 3. The summed E-state index contributed by atoms with van der Waals surface area (Å²) in [5.41, 5.74) is -1.06. The zero-order valence-electron chi connectivity index (χ0n) is 7.29. The van der Waals surface area contributed by atoms with Gasteiger partial charge in [-0.1, -0.05) is 6.07 Å². The van der Waals surface area contributed by atoms with Gasteiger partial charge in [-0.3, -0.25) is 0 Å². The normalized spacial score (nSPS) is 11.6. The van der Waals surface area contributed by atoms with E-state index >= 15 is 0 Å². The summed E-state index contributed by atoms with van der Waals surface area (Å²) in [4.78, 5) is 2.97. The fraction of sp³-hybridized carbons (Fsp3) is 0.286. The van der Waals surface area contributed by atoms with E-state index in [1.165, 1.54) is 0 Å². The zero-order chi connectivity index (χ0) is 11.6. The summed E-state index contributed by atoms with van der Waals surface area (Å²) in [5.74, 6) is -1.31. The lowest BCUT2D eigenvalue weighted by molar-refractivity contribution is -0.127. The van der Waals surface area contributed by atoms with Gasteiger partial charge in [-0.2, -0.15) is 17.6 Å². The fourth-order valence-corrected chi connectivity index (χ4v) is 0.979. The molecule has 8 heteroatoms. The topological polar surface area (TPSA) is 53.4 Å². The van der Waals surface area contributed by atoms with Crippen molar-refractivity contribution in [1.29, 1.82) is 0 Å². The number of alkyl halides is 3. The number of pyridine rings is 1. The molecule has 0 aliphatic rings. The largest absolute Gasteiger partial charge is 0.493 e. The Labute approximate surface area is 82.5 Å². The highest BCUT2D eigenvalue weighted by Crippen LogP contribution is 2.19. The first-order valence-electron chi connectivity index (χ1n) is 3.88. The standard InChI is InChI=1S/C7H6BF4NO2/c9-6-5(8(14)15)2-1-4(13-6)3-7(10,11)12/h1-2,14-15H,3H2. The number of aromatic nitrogens is 1. The van der Waals surface area contributed by atoms with Crippen molar-refractivity contribution in [2.75, 3.05) is 0 Å². The lowest BCUT2D eigenvalue weighted by atomic mass is 9.81. The average molecular weight is 223 g/mol. The Bertz CT molecular complexity index is 355. The molecular formula is C7H6BF4NO2. The first-order valence-corrected chi connectivity index (χ1v) is 3.88. The first kappa shape index (κ1) is 11.9. The maximum absolute atomic E-state index is 12.9. The molecule has 0 spiro atoms. The van der Waals surface area contributed by atoms with Crippen LogP contribution in [0.25, 0.3) is 0 Å². The van der Waals surface area contributed by atoms with Gasteiger partial charge in [-0.25, -0.2) is 4.98 Å². The van der Waals surface area contributed by atoms with E-state index < -0.39 is 36.8 Å². The van der Waals surface area contributed by atoms with Gasteiger partial charge in [0.25, 0.3) is 0 Å². The summed E-state index contributed by atoms with van der Waals surface area (Å²) < 4.78 is 48.5. The van der Waals surface area contributed by atoms with Crippen LogP contribution in [0.2, 0.25) is 0 Å². The second-order valence-electron chi connectivity index (χ2n) is 2.85. The predicted molar refractivity (Wildman–Crippen MR) is 43.8 cm³/mol. The number of nitrogens with zero attached hydrogens (tertiary/aromatic N) is 1. The third kappa shape index (κ3) is 3.48. The molecule has 0 saturated carbocycles. The molecular weight excluding hydrogens is 217 g/mol. The van der Waals surface area contributed by atoms with Gasteiger partial charge < -0.3 is 10.0 Å². The van der Waals surface area contributed by atoms with Crippen LogP contribution >= 0.6 is 0 Å². The van der Waals surface area contributed by atoms with Gasteiger partial charge in [-0.15, -0.1) is 0 Å². The predicted octanol–water partition coefficient (Wildman–Crippen LogP) is 0.00530. The van der Waals surface area contributed by atoms with Crippen LogP contribution in [0.1, 0.15) is 5.69 Å². The molecule has 15 heavy (non-hydrogen) atoms. The molecule has 1 aromatic heterocycles. The monoisotopic (exact) mass is 223 g/mol. The van der Waals surface area contributed by atoms with Crippen molar-refractivity contribution in [3.05, 3.63) is 23.8 Å². The van der Waals surface area contributed by atoms with E-state index in [2.05, 4.69) is 4.98 Å². The summed E-state index contributed by atoms with van der Waals surface area (Å²) in [6.07, 6.45) is -5.83. The van der Waals surface area contributed by atoms with Gasteiger partial charge in [0.05, 0.1) is 12.1 Å². The highest BCUT2D eigenvalue weighted by Gasteiger charge is 2.29. The smallest absolute Gasteiger partial charge is 0.423 e. The molecule has 0 unspecified atom stereocenters. The van der Waals surface area contributed by atoms with Crippen molar-refractivity contribution in [1.82, 2.24) is 4.98 Å². The summed E-state index contributed by atoms with van der Waals surface area (Å²) in [6.45, 7) is 0. The quantitative estimate of drug-likeness (QED) is 0.421. The highest BCUT2D eigenvalue weighted by atomic mass is 19.4. The van der Waals surface area contributed by atoms with Crippen LogP contribution in [0.3, 0.4) is 0 Å². The minimum absolute atomic E-state index is 0.510. The van der Waals surface area contributed by atoms with E-state index in [0.29, 0.717) is 0 Å². The zero-order valence-corrected chi connectivity index (χ0v) is 7.29. The van der Waals surface area contributed by atoms with Crippen molar-refractivity contribution < 1.29 is 27.6 Å². The number of rotatable bonds is 2. The Morgan fingerprint density at radius 2 is 1.87 bits per heavy atom. The molecule has 1 heterocycles. The molecule has 0 saturated heterocycles. The van der Waals surface area contributed by atoms with E-state index in [1.807, 2.05) is 0 Å². The molecule has 0 bridgehead atoms. The van der Waals surface area contributed by atoms with Gasteiger partial charge in [0, 0.05) is 5.46 Å². The van der Waals surface area contributed by atoms with E-state index in [-0.39, 0.29) is 0 Å². The highest BCUT2D eigenvalue weighted by molar-refractivity contribution is 6.58. The summed E-state index contributed by atoms with van der Waals surface area (Å²) in [6, 6.07) is 1.75. The Kier molecular flexibility index (Phi) is 3.30. The summed E-state index contributed by atoms with van der Waals surface area (Å²) in [5, 5.41) is 17.2. The molecule has 0 aliphatic carbocycles. The lowest BCUT2D eigenvalue weighted by Crippen LogP contribution is -2.34.